The van der Waals surface area contributed by atoms with Gasteiger partial charge in [0.2, 0.25) is 0 Å². The number of hydrogen-bond donors (Lipinski definition) is 1. The second kappa shape index (κ2) is 5.00. The van der Waals surface area contributed by atoms with Crippen LogP contribution < -0.4 is 10.6 Å². The summed E-state index contributed by atoms with van der Waals surface area (Å²) in [5.74, 6) is 0.598. The summed E-state index contributed by atoms with van der Waals surface area (Å²) < 4.78 is 0. The van der Waals surface area contributed by atoms with E-state index in [4.69, 9.17) is 5.73 Å². The number of rotatable bonds is 2. The monoisotopic (exact) mass is 265 g/mol. The second-order valence-corrected chi connectivity index (χ2v) is 5.33. The van der Waals surface area contributed by atoms with Crippen molar-refractivity contribution in [2.75, 3.05) is 11.4 Å². The Morgan fingerprint density at radius 1 is 1.05 bits per heavy atom. The molecule has 1 atom stereocenters. The number of anilines is 1. The van der Waals surface area contributed by atoms with Crippen LogP contribution in [0.3, 0.4) is 0 Å². The normalized spacial score (nSPS) is 18.2. The van der Waals surface area contributed by atoms with Gasteiger partial charge in [-0.2, -0.15) is 0 Å². The van der Waals surface area contributed by atoms with E-state index in [0.717, 1.165) is 5.69 Å². The standard InChI is InChI=1S/C17H19N3/c1-12-6-8-14(9-7-12)16-11-19-17(18)20(16)15-5-3-4-13(2)10-15/h3-10,16H,11H2,1-2H3,(H2,18,19). The minimum atomic E-state index is 0.192. The summed E-state index contributed by atoms with van der Waals surface area (Å²) in [6, 6.07) is 17.2. The van der Waals surface area contributed by atoms with E-state index in [-0.39, 0.29) is 6.04 Å². The molecule has 0 bridgehead atoms. The predicted octanol–water partition coefficient (Wildman–Crippen LogP) is 3.18. The molecular weight excluding hydrogens is 246 g/mol. The average molecular weight is 265 g/mol. The fourth-order valence-electron chi connectivity index (χ4n) is 2.63. The van der Waals surface area contributed by atoms with Gasteiger partial charge in [-0.25, -0.2) is 0 Å². The summed E-state index contributed by atoms with van der Waals surface area (Å²) in [5.41, 5.74) is 10.9. The van der Waals surface area contributed by atoms with E-state index in [2.05, 4.69) is 72.3 Å². The Morgan fingerprint density at radius 3 is 2.50 bits per heavy atom. The molecule has 1 aliphatic heterocycles. The van der Waals surface area contributed by atoms with Crippen molar-refractivity contribution in [2.24, 2.45) is 10.7 Å². The molecule has 0 radical (unpaired) electrons. The van der Waals surface area contributed by atoms with Gasteiger partial charge >= 0.3 is 0 Å². The third-order valence-corrected chi connectivity index (χ3v) is 3.73. The molecule has 2 aromatic carbocycles. The zero-order valence-electron chi connectivity index (χ0n) is 11.9. The first-order valence-corrected chi connectivity index (χ1v) is 6.87. The molecule has 0 saturated carbocycles. The molecule has 20 heavy (non-hydrogen) atoms. The van der Waals surface area contributed by atoms with Gasteiger partial charge in [0.25, 0.3) is 0 Å². The molecule has 102 valence electrons. The van der Waals surface area contributed by atoms with Crippen molar-refractivity contribution < 1.29 is 0 Å². The zero-order valence-corrected chi connectivity index (χ0v) is 11.9. The van der Waals surface area contributed by atoms with E-state index in [0.29, 0.717) is 12.5 Å². The van der Waals surface area contributed by atoms with Gasteiger partial charge in [-0.15, -0.1) is 0 Å². The topological polar surface area (TPSA) is 41.6 Å². The highest BCUT2D eigenvalue weighted by atomic mass is 15.3. The lowest BCUT2D eigenvalue weighted by molar-refractivity contribution is 0.768. The molecule has 0 spiro atoms. The summed E-state index contributed by atoms with van der Waals surface area (Å²) in [7, 11) is 0. The van der Waals surface area contributed by atoms with Crippen molar-refractivity contribution in [3.8, 4) is 0 Å². The van der Waals surface area contributed by atoms with E-state index in [1.165, 1.54) is 16.7 Å². The van der Waals surface area contributed by atoms with E-state index < -0.39 is 0 Å². The van der Waals surface area contributed by atoms with Crippen molar-refractivity contribution in [1.82, 2.24) is 0 Å². The molecule has 0 aliphatic carbocycles. The molecule has 1 heterocycles. The van der Waals surface area contributed by atoms with Crippen LogP contribution in [0, 0.1) is 13.8 Å². The van der Waals surface area contributed by atoms with Crippen LogP contribution in [0.2, 0.25) is 0 Å². The molecular formula is C17H19N3. The average Bonchev–Trinajstić information content (AvgIpc) is 2.81. The zero-order chi connectivity index (χ0) is 14.1. The number of nitrogens with zero attached hydrogens (tertiary/aromatic N) is 2. The highest BCUT2D eigenvalue weighted by Gasteiger charge is 2.28. The van der Waals surface area contributed by atoms with Crippen molar-refractivity contribution >= 4 is 11.6 Å². The van der Waals surface area contributed by atoms with Gasteiger partial charge in [-0.3, -0.25) is 4.99 Å². The van der Waals surface area contributed by atoms with Crippen molar-refractivity contribution in [2.45, 2.75) is 19.9 Å². The lowest BCUT2D eigenvalue weighted by Crippen LogP contribution is -2.36. The van der Waals surface area contributed by atoms with Gasteiger partial charge < -0.3 is 10.6 Å². The number of aryl methyl sites for hydroxylation is 2. The van der Waals surface area contributed by atoms with Crippen LogP contribution in [0.25, 0.3) is 0 Å². The molecule has 1 aliphatic rings. The van der Waals surface area contributed by atoms with Crippen LogP contribution >= 0.6 is 0 Å². The minimum Gasteiger partial charge on any atom is -0.369 e. The van der Waals surface area contributed by atoms with Crippen LogP contribution in [0.1, 0.15) is 22.7 Å². The molecule has 3 rings (SSSR count). The quantitative estimate of drug-likeness (QED) is 0.906. The van der Waals surface area contributed by atoms with Crippen LogP contribution in [0.5, 0.6) is 0 Å². The van der Waals surface area contributed by atoms with Gasteiger partial charge in [-0.05, 0) is 37.1 Å². The van der Waals surface area contributed by atoms with Crippen LogP contribution in [-0.2, 0) is 0 Å². The van der Waals surface area contributed by atoms with Crippen molar-refractivity contribution in [3.05, 3.63) is 65.2 Å². The molecule has 0 saturated heterocycles. The third-order valence-electron chi connectivity index (χ3n) is 3.73. The number of benzene rings is 2. The first-order chi connectivity index (χ1) is 9.65. The SMILES string of the molecule is Cc1ccc(C2CN=C(N)N2c2cccc(C)c2)cc1. The smallest absolute Gasteiger partial charge is 0.196 e. The summed E-state index contributed by atoms with van der Waals surface area (Å²) in [4.78, 5) is 6.55. The highest BCUT2D eigenvalue weighted by Crippen LogP contribution is 2.31. The Bertz CT molecular complexity index is 644. The largest absolute Gasteiger partial charge is 0.369 e. The molecule has 3 nitrogen and oxygen atoms in total. The minimum absolute atomic E-state index is 0.192. The molecule has 1 unspecified atom stereocenters. The van der Waals surface area contributed by atoms with Gasteiger partial charge in [0.1, 0.15) is 0 Å². The molecule has 2 aromatic rings. The predicted molar refractivity (Wildman–Crippen MR) is 84.1 cm³/mol. The molecule has 3 heteroatoms. The van der Waals surface area contributed by atoms with Gasteiger partial charge in [0, 0.05) is 5.69 Å². The molecule has 2 N–H and O–H groups in total. The van der Waals surface area contributed by atoms with E-state index in [1.807, 2.05) is 0 Å². The Balaban J connectivity index is 1.98. The summed E-state index contributed by atoms with van der Waals surface area (Å²) in [6.07, 6.45) is 0. The summed E-state index contributed by atoms with van der Waals surface area (Å²) >= 11 is 0. The molecule has 0 aromatic heterocycles. The molecule has 0 fully saturated rings. The second-order valence-electron chi connectivity index (χ2n) is 5.33. The van der Waals surface area contributed by atoms with Crippen LogP contribution in [0.15, 0.2) is 53.5 Å². The van der Waals surface area contributed by atoms with E-state index in [9.17, 15) is 0 Å². The molecule has 0 amide bonds. The summed E-state index contributed by atoms with van der Waals surface area (Å²) in [6.45, 7) is 4.90. The fraction of sp³-hybridized carbons (Fsp3) is 0.235. The van der Waals surface area contributed by atoms with Gasteiger partial charge in [0.05, 0.1) is 12.6 Å². The Morgan fingerprint density at radius 2 is 1.80 bits per heavy atom. The van der Waals surface area contributed by atoms with Crippen LogP contribution in [0.4, 0.5) is 5.69 Å². The van der Waals surface area contributed by atoms with Gasteiger partial charge in [0.15, 0.2) is 5.96 Å². The Kier molecular flexibility index (Phi) is 3.18. The first kappa shape index (κ1) is 12.7. The van der Waals surface area contributed by atoms with Crippen LogP contribution in [-0.4, -0.2) is 12.5 Å². The number of nitrogens with two attached hydrogens (primary N) is 1. The Labute approximate surface area is 119 Å². The Hall–Kier alpha value is -2.29. The number of hydrogen-bond acceptors (Lipinski definition) is 3. The van der Waals surface area contributed by atoms with Gasteiger partial charge in [-0.1, -0.05) is 42.0 Å². The summed E-state index contributed by atoms with van der Waals surface area (Å²) in [5, 5.41) is 0. The maximum absolute atomic E-state index is 6.09. The number of aliphatic imine (C=N–C) groups is 1. The van der Waals surface area contributed by atoms with Crippen molar-refractivity contribution in [3.63, 3.8) is 0 Å². The fourth-order valence-corrected chi connectivity index (χ4v) is 2.63. The van der Waals surface area contributed by atoms with Crippen molar-refractivity contribution in [1.29, 1.82) is 0 Å². The lowest BCUT2D eigenvalue weighted by atomic mass is 10.0. The third kappa shape index (κ3) is 2.27. The van der Waals surface area contributed by atoms with E-state index in [1.54, 1.807) is 0 Å². The first-order valence-electron chi connectivity index (χ1n) is 6.87. The van der Waals surface area contributed by atoms with E-state index >= 15 is 0 Å². The number of guanidine groups is 1. The maximum atomic E-state index is 6.09. The maximum Gasteiger partial charge on any atom is 0.196 e. The highest BCUT2D eigenvalue weighted by molar-refractivity contribution is 5.97. The lowest BCUT2D eigenvalue weighted by Gasteiger charge is -2.27.